The van der Waals surface area contributed by atoms with E-state index in [-0.39, 0.29) is 25.7 Å². The second kappa shape index (κ2) is 11.7. The Hall–Kier alpha value is -1.80. The number of hydrogen-bond acceptors (Lipinski definition) is 7. The highest BCUT2D eigenvalue weighted by Gasteiger charge is 2.25. The van der Waals surface area contributed by atoms with Gasteiger partial charge >= 0.3 is 11.9 Å². The Labute approximate surface area is 146 Å². The second-order valence-corrected chi connectivity index (χ2v) is 5.55. The van der Waals surface area contributed by atoms with Crippen molar-refractivity contribution in [2.75, 3.05) is 32.3 Å². The Bertz CT molecular complexity index is 477. The number of hydrogen-bond donors (Lipinski definition) is 1. The molecule has 0 unspecified atom stereocenters. The Morgan fingerprint density at radius 1 is 1.21 bits per heavy atom. The summed E-state index contributed by atoms with van der Waals surface area (Å²) in [6.07, 6.45) is 0.856. The average molecular weight is 365 g/mol. The van der Waals surface area contributed by atoms with Gasteiger partial charge in [0.25, 0.3) is 0 Å². The molecule has 138 valence electrons. The monoisotopic (exact) mass is 364 g/mol. The first kappa shape index (κ1) is 22.2. The summed E-state index contributed by atoms with van der Waals surface area (Å²) in [5.74, 6) is -1.58. The number of ether oxygens (including phenoxy) is 3. The van der Waals surface area contributed by atoms with Gasteiger partial charge in [0.15, 0.2) is 0 Å². The number of alkyl halides is 1. The molecule has 24 heavy (non-hydrogen) atoms. The van der Waals surface area contributed by atoms with Crippen LogP contribution in [0.3, 0.4) is 0 Å². The summed E-state index contributed by atoms with van der Waals surface area (Å²) in [4.78, 5) is 28.3. The fourth-order valence-corrected chi connectivity index (χ4v) is 1.40. The van der Waals surface area contributed by atoms with E-state index in [0.717, 1.165) is 6.08 Å². The molecule has 0 aliphatic heterocycles. The summed E-state index contributed by atoms with van der Waals surface area (Å²) in [6, 6.07) is 0. The minimum absolute atomic E-state index is 0.0797. The van der Waals surface area contributed by atoms with Gasteiger partial charge in [0, 0.05) is 11.3 Å². The fraction of sp³-hybridized carbons (Fsp3) is 0.667. The third-order valence-corrected chi connectivity index (χ3v) is 2.79. The number of esters is 2. The summed E-state index contributed by atoms with van der Waals surface area (Å²) in [7, 11) is 0. The molecule has 0 radical (unpaired) electrons. The van der Waals surface area contributed by atoms with E-state index in [1.165, 1.54) is 0 Å². The largest absolute Gasteiger partial charge is 0.463 e. The van der Waals surface area contributed by atoms with E-state index >= 15 is 0 Å². The zero-order chi connectivity index (χ0) is 18.6. The van der Waals surface area contributed by atoms with Gasteiger partial charge in [-0.2, -0.15) is 0 Å². The van der Waals surface area contributed by atoms with Crippen LogP contribution in [0.5, 0.6) is 0 Å². The van der Waals surface area contributed by atoms with E-state index in [9.17, 15) is 9.59 Å². The van der Waals surface area contributed by atoms with Gasteiger partial charge in [-0.15, -0.1) is 11.6 Å². The molecule has 9 heteroatoms. The molecule has 0 saturated heterocycles. The summed E-state index contributed by atoms with van der Waals surface area (Å²) >= 11 is 5.54. The van der Waals surface area contributed by atoms with Crippen LogP contribution in [0.1, 0.15) is 27.7 Å². The van der Waals surface area contributed by atoms with E-state index in [2.05, 4.69) is 5.16 Å². The molecule has 0 amide bonds. The topological polar surface area (TPSA) is 109 Å². The van der Waals surface area contributed by atoms with Gasteiger partial charge < -0.3 is 24.8 Å². The summed E-state index contributed by atoms with van der Waals surface area (Å²) < 4.78 is 14.8. The molecule has 2 N–H and O–H groups in total. The summed E-state index contributed by atoms with van der Waals surface area (Å²) in [6.45, 7) is 7.71. The number of oxime groups is 1. The first-order valence-corrected chi connectivity index (χ1v) is 8.02. The maximum absolute atomic E-state index is 11.8. The van der Waals surface area contributed by atoms with Gasteiger partial charge in [0.1, 0.15) is 5.84 Å². The van der Waals surface area contributed by atoms with E-state index in [4.69, 9.17) is 36.4 Å². The van der Waals surface area contributed by atoms with E-state index in [1.807, 2.05) is 0 Å². The number of halogens is 1. The van der Waals surface area contributed by atoms with Gasteiger partial charge in [-0.25, -0.2) is 9.59 Å². The minimum atomic E-state index is -0.849. The lowest BCUT2D eigenvalue weighted by atomic mass is 9.93. The molecule has 0 bridgehead atoms. The fourth-order valence-electron chi connectivity index (χ4n) is 1.29. The first-order valence-electron chi connectivity index (χ1n) is 7.48. The normalized spacial score (nSPS) is 12.7. The van der Waals surface area contributed by atoms with Crippen LogP contribution in [0.15, 0.2) is 17.0 Å². The maximum Gasteiger partial charge on any atom is 0.377 e. The lowest BCUT2D eigenvalue weighted by molar-refractivity contribution is -0.144. The van der Waals surface area contributed by atoms with Gasteiger partial charge in [-0.1, -0.05) is 19.0 Å². The zero-order valence-electron chi connectivity index (χ0n) is 14.5. The lowest BCUT2D eigenvalue weighted by Crippen LogP contribution is -2.36. The van der Waals surface area contributed by atoms with Crippen molar-refractivity contribution in [3.8, 4) is 0 Å². The molecule has 0 fully saturated rings. The number of amidine groups is 1. The minimum Gasteiger partial charge on any atom is -0.463 e. The molecule has 0 spiro atoms. The highest BCUT2D eigenvalue weighted by atomic mass is 35.5. The van der Waals surface area contributed by atoms with Crippen molar-refractivity contribution in [2.24, 2.45) is 16.3 Å². The average Bonchev–Trinajstić information content (AvgIpc) is 2.51. The molecule has 0 aliphatic rings. The Balaban J connectivity index is 5.06. The molecule has 0 saturated carbocycles. The number of carbonyl (C=O) groups is 2. The third-order valence-electron chi connectivity index (χ3n) is 2.63. The van der Waals surface area contributed by atoms with E-state index in [0.29, 0.717) is 12.5 Å². The lowest BCUT2D eigenvalue weighted by Gasteiger charge is -2.22. The van der Waals surface area contributed by atoms with Crippen LogP contribution in [-0.4, -0.2) is 50.1 Å². The Morgan fingerprint density at radius 3 is 2.38 bits per heavy atom. The molecule has 0 atom stereocenters. The van der Waals surface area contributed by atoms with Crippen LogP contribution in [-0.2, 0) is 28.6 Å². The van der Waals surface area contributed by atoms with Crippen molar-refractivity contribution in [2.45, 2.75) is 27.7 Å². The van der Waals surface area contributed by atoms with E-state index < -0.39 is 23.1 Å². The highest BCUT2D eigenvalue weighted by Crippen LogP contribution is 2.16. The SMILES string of the molecule is CCOC(=O)/C=C(/ON=C(N)C(C)(C)COCCCl)C(=O)OCC. The Morgan fingerprint density at radius 2 is 1.83 bits per heavy atom. The number of carbonyl (C=O) groups excluding carboxylic acids is 2. The summed E-state index contributed by atoms with van der Waals surface area (Å²) in [5, 5.41) is 3.70. The number of nitrogens with two attached hydrogens (primary N) is 1. The second-order valence-electron chi connectivity index (χ2n) is 5.17. The van der Waals surface area contributed by atoms with Gasteiger partial charge in [-0.3, -0.25) is 0 Å². The van der Waals surface area contributed by atoms with Gasteiger partial charge in [0.2, 0.25) is 5.76 Å². The summed E-state index contributed by atoms with van der Waals surface area (Å²) in [5.41, 5.74) is 5.21. The van der Waals surface area contributed by atoms with Crippen molar-refractivity contribution in [1.29, 1.82) is 0 Å². The molecule has 0 heterocycles. The smallest absolute Gasteiger partial charge is 0.377 e. The van der Waals surface area contributed by atoms with Crippen LogP contribution in [0.2, 0.25) is 0 Å². The van der Waals surface area contributed by atoms with Crippen LogP contribution < -0.4 is 5.73 Å². The molecule has 0 aromatic rings. The van der Waals surface area contributed by atoms with Crippen molar-refractivity contribution in [3.05, 3.63) is 11.8 Å². The van der Waals surface area contributed by atoms with Crippen molar-refractivity contribution in [1.82, 2.24) is 0 Å². The van der Waals surface area contributed by atoms with Crippen LogP contribution in [0, 0.1) is 5.41 Å². The van der Waals surface area contributed by atoms with Crippen LogP contribution in [0.4, 0.5) is 0 Å². The van der Waals surface area contributed by atoms with Crippen molar-refractivity contribution < 1.29 is 28.6 Å². The molecule has 0 aliphatic carbocycles. The number of rotatable bonds is 11. The van der Waals surface area contributed by atoms with Gasteiger partial charge in [0.05, 0.1) is 32.5 Å². The van der Waals surface area contributed by atoms with Crippen LogP contribution in [0.25, 0.3) is 0 Å². The predicted molar refractivity (Wildman–Crippen MR) is 89.4 cm³/mol. The molecular weight excluding hydrogens is 340 g/mol. The van der Waals surface area contributed by atoms with Gasteiger partial charge in [-0.05, 0) is 13.8 Å². The molecule has 8 nitrogen and oxygen atoms in total. The molecule has 0 rings (SSSR count). The zero-order valence-corrected chi connectivity index (χ0v) is 15.2. The number of nitrogens with zero attached hydrogens (tertiary/aromatic N) is 1. The van der Waals surface area contributed by atoms with E-state index in [1.54, 1.807) is 27.7 Å². The molecule has 0 aromatic heterocycles. The predicted octanol–water partition coefficient (Wildman–Crippen LogP) is 1.57. The molecule has 0 aromatic carbocycles. The maximum atomic E-state index is 11.8. The van der Waals surface area contributed by atoms with Crippen molar-refractivity contribution >= 4 is 29.4 Å². The first-order chi connectivity index (χ1) is 11.3. The van der Waals surface area contributed by atoms with Crippen LogP contribution >= 0.6 is 11.6 Å². The quantitative estimate of drug-likeness (QED) is 0.0865. The Kier molecular flexibility index (Phi) is 10.8. The van der Waals surface area contributed by atoms with Crippen molar-refractivity contribution in [3.63, 3.8) is 0 Å². The third kappa shape index (κ3) is 8.73. The standard InChI is InChI=1S/C15H25ClN2O6/c1-5-22-12(19)9-11(13(20)23-6-2)24-18-14(17)15(3,4)10-21-8-7-16/h9H,5-8,10H2,1-4H3,(H2,17,18)/b11-9+. The molecular formula is C15H25ClN2O6. The highest BCUT2D eigenvalue weighted by molar-refractivity contribution is 6.17.